The first-order valence-electron chi connectivity index (χ1n) is 7.39. The number of anilines is 1. The fourth-order valence-corrected chi connectivity index (χ4v) is 3.52. The van der Waals surface area contributed by atoms with Gasteiger partial charge in [-0.1, -0.05) is 11.8 Å². The molecule has 0 saturated carbocycles. The van der Waals surface area contributed by atoms with Crippen LogP contribution in [0.5, 0.6) is 0 Å². The van der Waals surface area contributed by atoms with Crippen LogP contribution in [-0.4, -0.2) is 35.9 Å². The maximum Gasteiger partial charge on any atom is 0.239 e. The van der Waals surface area contributed by atoms with Crippen LogP contribution in [0.4, 0.5) is 5.13 Å². The molecule has 1 unspecified atom stereocenters. The van der Waals surface area contributed by atoms with Gasteiger partial charge in [-0.05, 0) is 26.0 Å². The van der Waals surface area contributed by atoms with Crippen molar-refractivity contribution in [1.82, 2.24) is 24.7 Å². The van der Waals surface area contributed by atoms with Gasteiger partial charge in [0, 0.05) is 36.1 Å². The zero-order chi connectivity index (χ0) is 16.9. The van der Waals surface area contributed by atoms with Gasteiger partial charge in [0.2, 0.25) is 5.91 Å². The summed E-state index contributed by atoms with van der Waals surface area (Å²) in [6.07, 6.45) is 5.13. The summed E-state index contributed by atoms with van der Waals surface area (Å²) in [7, 11) is 0. The Bertz CT molecular complexity index is 803. The molecule has 24 heavy (non-hydrogen) atoms. The smallest absolute Gasteiger partial charge is 0.239 e. The molecule has 0 aliphatic carbocycles. The van der Waals surface area contributed by atoms with Gasteiger partial charge in [0.25, 0.3) is 0 Å². The number of carbonyl (C=O) groups excluding carboxylic acids is 1. The minimum atomic E-state index is -0.315. The number of thioether (sulfide) groups is 1. The number of hydrogen-bond acceptors (Lipinski definition) is 7. The van der Waals surface area contributed by atoms with Crippen LogP contribution >= 0.6 is 23.1 Å². The van der Waals surface area contributed by atoms with E-state index in [1.807, 2.05) is 35.9 Å². The molecule has 0 aromatic carbocycles. The molecule has 9 heteroatoms. The van der Waals surface area contributed by atoms with Gasteiger partial charge < -0.3 is 9.88 Å². The summed E-state index contributed by atoms with van der Waals surface area (Å²) in [4.78, 5) is 20.4. The molecule has 1 N–H and O–H groups in total. The van der Waals surface area contributed by atoms with Gasteiger partial charge >= 0.3 is 0 Å². The van der Waals surface area contributed by atoms with Crippen molar-refractivity contribution < 1.29 is 4.79 Å². The first-order valence-corrected chi connectivity index (χ1v) is 9.15. The molecule has 0 saturated heterocycles. The van der Waals surface area contributed by atoms with Crippen LogP contribution < -0.4 is 5.32 Å². The molecular weight excluding hydrogens is 344 g/mol. The van der Waals surface area contributed by atoms with Crippen molar-refractivity contribution in [2.45, 2.75) is 30.8 Å². The van der Waals surface area contributed by atoms with Crippen LogP contribution in [0.3, 0.4) is 0 Å². The maximum absolute atomic E-state index is 12.3. The lowest BCUT2D eigenvalue weighted by atomic mass is 10.3. The van der Waals surface area contributed by atoms with Crippen molar-refractivity contribution in [3.05, 3.63) is 36.1 Å². The molecule has 0 spiro atoms. The average Bonchev–Trinajstić information content (AvgIpc) is 3.25. The molecule has 0 radical (unpaired) electrons. The number of aromatic nitrogens is 5. The number of thiazole rings is 1. The molecule has 1 atom stereocenters. The molecule has 124 valence electrons. The quantitative estimate of drug-likeness (QED) is 0.680. The van der Waals surface area contributed by atoms with Gasteiger partial charge in [0.05, 0.1) is 5.25 Å². The largest absolute Gasteiger partial charge is 0.302 e. The second-order valence-corrected chi connectivity index (χ2v) is 7.08. The van der Waals surface area contributed by atoms with E-state index in [1.165, 1.54) is 23.1 Å². The minimum absolute atomic E-state index is 0.108. The Hall–Kier alpha value is -2.26. The lowest BCUT2D eigenvalue weighted by Crippen LogP contribution is -2.22. The summed E-state index contributed by atoms with van der Waals surface area (Å²) in [5.74, 6) is 0.643. The Labute approximate surface area is 147 Å². The van der Waals surface area contributed by atoms with Crippen molar-refractivity contribution in [3.63, 3.8) is 0 Å². The highest BCUT2D eigenvalue weighted by atomic mass is 32.2. The highest BCUT2D eigenvalue weighted by Gasteiger charge is 2.20. The van der Waals surface area contributed by atoms with Gasteiger partial charge in [-0.25, -0.2) is 4.98 Å². The van der Waals surface area contributed by atoms with Crippen molar-refractivity contribution in [3.8, 4) is 11.4 Å². The summed E-state index contributed by atoms with van der Waals surface area (Å²) in [5, 5.41) is 14.1. The van der Waals surface area contributed by atoms with Gasteiger partial charge in [0.15, 0.2) is 16.1 Å². The maximum atomic E-state index is 12.3. The zero-order valence-corrected chi connectivity index (χ0v) is 14.8. The number of amides is 1. The molecule has 0 aliphatic heterocycles. The predicted octanol–water partition coefficient (Wildman–Crippen LogP) is 2.94. The van der Waals surface area contributed by atoms with Gasteiger partial charge in [-0.2, -0.15) is 0 Å². The fourth-order valence-electron chi connectivity index (χ4n) is 2.07. The normalized spacial score (nSPS) is 12.1. The van der Waals surface area contributed by atoms with Crippen LogP contribution in [0.15, 0.2) is 41.3 Å². The Morgan fingerprint density at radius 1 is 1.42 bits per heavy atom. The summed E-state index contributed by atoms with van der Waals surface area (Å²) in [6.45, 7) is 4.57. The molecule has 3 rings (SSSR count). The van der Waals surface area contributed by atoms with Crippen LogP contribution in [0.1, 0.15) is 13.8 Å². The van der Waals surface area contributed by atoms with E-state index in [-0.39, 0.29) is 11.2 Å². The summed E-state index contributed by atoms with van der Waals surface area (Å²) < 4.78 is 1.98. The Balaban J connectivity index is 1.75. The fraction of sp³-hybridized carbons (Fsp3) is 0.267. The van der Waals surface area contributed by atoms with Gasteiger partial charge in [-0.3, -0.25) is 9.78 Å². The number of pyridine rings is 1. The third-order valence-electron chi connectivity index (χ3n) is 3.27. The topological polar surface area (TPSA) is 85.6 Å². The highest BCUT2D eigenvalue weighted by molar-refractivity contribution is 8.00. The third-order valence-corrected chi connectivity index (χ3v) is 5.04. The first kappa shape index (κ1) is 16.6. The van der Waals surface area contributed by atoms with Crippen LogP contribution in [0, 0.1) is 0 Å². The molecule has 3 heterocycles. The van der Waals surface area contributed by atoms with Gasteiger partial charge in [-0.15, -0.1) is 21.5 Å². The second-order valence-electron chi connectivity index (χ2n) is 4.88. The lowest BCUT2D eigenvalue weighted by molar-refractivity contribution is -0.115. The minimum Gasteiger partial charge on any atom is -0.302 e. The summed E-state index contributed by atoms with van der Waals surface area (Å²) in [6, 6.07) is 3.80. The summed E-state index contributed by atoms with van der Waals surface area (Å²) >= 11 is 2.77. The molecule has 1 amide bonds. The second kappa shape index (κ2) is 7.54. The van der Waals surface area contributed by atoms with E-state index in [0.717, 1.165) is 11.4 Å². The van der Waals surface area contributed by atoms with Gasteiger partial charge in [0.1, 0.15) is 0 Å². The Morgan fingerprint density at radius 2 is 2.29 bits per heavy atom. The number of rotatable bonds is 6. The van der Waals surface area contributed by atoms with E-state index in [4.69, 9.17) is 0 Å². The van der Waals surface area contributed by atoms with Crippen molar-refractivity contribution in [2.75, 3.05) is 5.32 Å². The zero-order valence-electron chi connectivity index (χ0n) is 13.2. The number of hydrogen-bond donors (Lipinski definition) is 1. The van der Waals surface area contributed by atoms with Crippen LogP contribution in [-0.2, 0) is 11.3 Å². The molecule has 7 nitrogen and oxygen atoms in total. The standard InChI is InChI=1S/C15H16N6OS2/c1-3-21-12(11-5-4-6-16-9-11)19-20-15(21)24-10(2)13(22)18-14-17-7-8-23-14/h4-10H,3H2,1-2H3,(H,17,18,22). The number of nitrogens with zero attached hydrogens (tertiary/aromatic N) is 5. The van der Waals surface area contributed by atoms with Crippen LogP contribution in [0.2, 0.25) is 0 Å². The summed E-state index contributed by atoms with van der Waals surface area (Å²) in [5.41, 5.74) is 0.901. The van der Waals surface area contributed by atoms with Crippen LogP contribution in [0.25, 0.3) is 11.4 Å². The monoisotopic (exact) mass is 360 g/mol. The van der Waals surface area contributed by atoms with Crippen molar-refractivity contribution in [1.29, 1.82) is 0 Å². The van der Waals surface area contributed by atoms with E-state index in [1.54, 1.807) is 18.6 Å². The Morgan fingerprint density at radius 3 is 2.96 bits per heavy atom. The SMILES string of the molecule is CCn1c(SC(C)C(=O)Nc2nccs2)nnc1-c1cccnc1. The molecule has 3 aromatic heterocycles. The predicted molar refractivity (Wildman–Crippen MR) is 95.0 cm³/mol. The number of carbonyl (C=O) groups is 1. The van der Waals surface area contributed by atoms with Crippen molar-refractivity contribution >= 4 is 34.1 Å². The van der Waals surface area contributed by atoms with E-state index in [9.17, 15) is 4.79 Å². The lowest BCUT2D eigenvalue weighted by Gasteiger charge is -2.11. The van der Waals surface area contributed by atoms with E-state index in [0.29, 0.717) is 16.8 Å². The van der Waals surface area contributed by atoms with E-state index < -0.39 is 0 Å². The van der Waals surface area contributed by atoms with E-state index in [2.05, 4.69) is 25.5 Å². The molecule has 0 bridgehead atoms. The molecule has 0 aliphatic rings. The van der Waals surface area contributed by atoms with E-state index >= 15 is 0 Å². The highest BCUT2D eigenvalue weighted by Crippen LogP contribution is 2.27. The average molecular weight is 360 g/mol. The van der Waals surface area contributed by atoms with Crippen molar-refractivity contribution in [2.24, 2.45) is 0 Å². The Kier molecular flexibility index (Phi) is 5.21. The molecule has 3 aromatic rings. The molecular formula is C15H16N6OS2. The third kappa shape index (κ3) is 3.62. The number of nitrogens with one attached hydrogen (secondary N) is 1. The first-order chi connectivity index (χ1) is 11.7. The molecule has 0 fully saturated rings.